The van der Waals surface area contributed by atoms with Crippen LogP contribution in [0.1, 0.15) is 59.4 Å². The fourth-order valence-electron chi connectivity index (χ4n) is 3.96. The standard InChI is InChI=1S/C28H29N3O2/c1-3-20(2)31-27(29-26(30-31)18-15-21-9-5-4-6-10-21)19-22-13-16-23(17-14-22)24-11-7-8-12-25(24)28(32)33/h4-14,16-17,20H,3,15,18-19H2,1-2H3,(H,32,33). The van der Waals surface area contributed by atoms with Crippen LogP contribution >= 0.6 is 0 Å². The van der Waals surface area contributed by atoms with Crippen LogP contribution in [0.5, 0.6) is 0 Å². The van der Waals surface area contributed by atoms with Gasteiger partial charge in [0.05, 0.1) is 11.6 Å². The van der Waals surface area contributed by atoms with E-state index in [9.17, 15) is 9.90 Å². The molecule has 0 bridgehead atoms. The van der Waals surface area contributed by atoms with Crippen molar-refractivity contribution >= 4 is 5.97 Å². The van der Waals surface area contributed by atoms with Crippen LogP contribution in [-0.2, 0) is 19.3 Å². The maximum atomic E-state index is 11.6. The van der Waals surface area contributed by atoms with Crippen LogP contribution in [0.3, 0.4) is 0 Å². The van der Waals surface area contributed by atoms with Gasteiger partial charge in [0.2, 0.25) is 0 Å². The van der Waals surface area contributed by atoms with Gasteiger partial charge < -0.3 is 5.11 Å². The van der Waals surface area contributed by atoms with Crippen LogP contribution in [-0.4, -0.2) is 25.8 Å². The molecule has 1 atom stereocenters. The minimum atomic E-state index is -0.917. The van der Waals surface area contributed by atoms with E-state index in [1.807, 2.05) is 42.5 Å². The molecule has 0 aliphatic heterocycles. The minimum absolute atomic E-state index is 0.277. The highest BCUT2D eigenvalue weighted by Crippen LogP contribution is 2.25. The molecule has 33 heavy (non-hydrogen) atoms. The second-order valence-electron chi connectivity index (χ2n) is 8.36. The predicted octanol–water partition coefficient (Wildman–Crippen LogP) is 5.99. The summed E-state index contributed by atoms with van der Waals surface area (Å²) in [6.07, 6.45) is 3.40. The van der Waals surface area contributed by atoms with E-state index in [0.29, 0.717) is 12.0 Å². The van der Waals surface area contributed by atoms with Crippen molar-refractivity contribution in [2.45, 2.75) is 45.6 Å². The molecular formula is C28H29N3O2. The lowest BCUT2D eigenvalue weighted by Crippen LogP contribution is -2.11. The molecule has 1 heterocycles. The number of nitrogens with zero attached hydrogens (tertiary/aromatic N) is 3. The van der Waals surface area contributed by atoms with Crippen molar-refractivity contribution in [1.82, 2.24) is 14.8 Å². The predicted molar refractivity (Wildman–Crippen MR) is 131 cm³/mol. The van der Waals surface area contributed by atoms with E-state index in [0.717, 1.165) is 47.6 Å². The molecule has 0 fully saturated rings. The Morgan fingerprint density at radius 3 is 2.30 bits per heavy atom. The Balaban J connectivity index is 1.54. The molecule has 0 radical (unpaired) electrons. The molecule has 0 amide bonds. The highest BCUT2D eigenvalue weighted by Gasteiger charge is 2.16. The number of carbonyl (C=O) groups is 1. The highest BCUT2D eigenvalue weighted by molar-refractivity contribution is 5.95. The van der Waals surface area contributed by atoms with Crippen molar-refractivity contribution in [3.63, 3.8) is 0 Å². The zero-order chi connectivity index (χ0) is 23.2. The van der Waals surface area contributed by atoms with Gasteiger partial charge in [-0.1, -0.05) is 79.7 Å². The summed E-state index contributed by atoms with van der Waals surface area (Å²) in [5.74, 6) is 0.923. The number of carboxylic acids is 1. The second kappa shape index (κ2) is 10.3. The average Bonchev–Trinajstić information content (AvgIpc) is 3.26. The topological polar surface area (TPSA) is 68.0 Å². The molecule has 0 aliphatic carbocycles. The molecule has 0 saturated heterocycles. The molecule has 5 heteroatoms. The zero-order valence-electron chi connectivity index (χ0n) is 19.1. The molecule has 0 saturated carbocycles. The molecular weight excluding hydrogens is 410 g/mol. The monoisotopic (exact) mass is 439 g/mol. The first-order valence-electron chi connectivity index (χ1n) is 11.4. The molecule has 4 rings (SSSR count). The molecule has 1 N–H and O–H groups in total. The molecule has 168 valence electrons. The lowest BCUT2D eigenvalue weighted by atomic mass is 9.98. The lowest BCUT2D eigenvalue weighted by Gasteiger charge is -2.12. The first-order chi connectivity index (χ1) is 16.0. The summed E-state index contributed by atoms with van der Waals surface area (Å²) in [6.45, 7) is 4.33. The van der Waals surface area contributed by atoms with Gasteiger partial charge in [-0.25, -0.2) is 14.5 Å². The molecule has 5 nitrogen and oxygen atoms in total. The third-order valence-electron chi connectivity index (χ3n) is 6.02. The third kappa shape index (κ3) is 5.37. The Labute approximate surface area is 194 Å². The highest BCUT2D eigenvalue weighted by atomic mass is 16.4. The average molecular weight is 440 g/mol. The fourth-order valence-corrected chi connectivity index (χ4v) is 3.96. The van der Waals surface area contributed by atoms with E-state index < -0.39 is 5.97 Å². The fraction of sp³-hybridized carbons (Fsp3) is 0.250. The van der Waals surface area contributed by atoms with Crippen molar-refractivity contribution in [3.8, 4) is 11.1 Å². The van der Waals surface area contributed by atoms with E-state index >= 15 is 0 Å². The van der Waals surface area contributed by atoms with Crippen molar-refractivity contribution in [1.29, 1.82) is 0 Å². The number of benzene rings is 3. The van der Waals surface area contributed by atoms with Crippen LogP contribution in [0.2, 0.25) is 0 Å². The first-order valence-corrected chi connectivity index (χ1v) is 11.4. The van der Waals surface area contributed by atoms with Crippen molar-refractivity contribution in [2.24, 2.45) is 0 Å². The largest absolute Gasteiger partial charge is 0.478 e. The van der Waals surface area contributed by atoms with Gasteiger partial charge in [0.15, 0.2) is 5.82 Å². The summed E-state index contributed by atoms with van der Waals surface area (Å²) >= 11 is 0. The summed E-state index contributed by atoms with van der Waals surface area (Å²) in [7, 11) is 0. The maximum absolute atomic E-state index is 11.6. The molecule has 3 aromatic carbocycles. The Kier molecular flexibility index (Phi) is 6.98. The molecule has 1 unspecified atom stereocenters. The summed E-state index contributed by atoms with van der Waals surface area (Å²) < 4.78 is 2.06. The van der Waals surface area contributed by atoms with Crippen LogP contribution in [0, 0.1) is 0 Å². The molecule has 0 aliphatic rings. The quantitative estimate of drug-likeness (QED) is 0.348. The van der Waals surface area contributed by atoms with Crippen LogP contribution in [0.25, 0.3) is 11.1 Å². The van der Waals surface area contributed by atoms with Crippen molar-refractivity contribution in [3.05, 3.63) is 107 Å². The molecule has 1 aromatic heterocycles. The van der Waals surface area contributed by atoms with E-state index in [1.165, 1.54) is 5.56 Å². The first kappa shape index (κ1) is 22.5. The third-order valence-corrected chi connectivity index (χ3v) is 6.02. The summed E-state index contributed by atoms with van der Waals surface area (Å²) in [5, 5.41) is 14.3. The lowest BCUT2D eigenvalue weighted by molar-refractivity contribution is 0.0697. The number of aromatic carboxylic acids is 1. The Morgan fingerprint density at radius 2 is 1.61 bits per heavy atom. The van der Waals surface area contributed by atoms with Gasteiger partial charge in [-0.15, -0.1) is 0 Å². The summed E-state index contributed by atoms with van der Waals surface area (Å²) in [5.41, 5.74) is 4.34. The number of rotatable bonds is 9. The van der Waals surface area contributed by atoms with Crippen LogP contribution in [0.15, 0.2) is 78.9 Å². The SMILES string of the molecule is CCC(C)n1nc(CCc2ccccc2)nc1Cc1ccc(-c2ccccc2C(=O)O)cc1. The van der Waals surface area contributed by atoms with E-state index in [2.05, 4.69) is 42.8 Å². The maximum Gasteiger partial charge on any atom is 0.336 e. The zero-order valence-corrected chi connectivity index (χ0v) is 19.1. The van der Waals surface area contributed by atoms with Gasteiger partial charge in [0, 0.05) is 12.8 Å². The summed E-state index contributed by atoms with van der Waals surface area (Å²) in [6, 6.07) is 25.9. The second-order valence-corrected chi connectivity index (χ2v) is 8.36. The summed E-state index contributed by atoms with van der Waals surface area (Å²) in [4.78, 5) is 16.4. The van der Waals surface area contributed by atoms with Gasteiger partial charge >= 0.3 is 5.97 Å². The molecule has 4 aromatic rings. The van der Waals surface area contributed by atoms with Gasteiger partial charge in [-0.05, 0) is 48.1 Å². The van der Waals surface area contributed by atoms with Gasteiger partial charge in [0.1, 0.15) is 5.82 Å². The number of aromatic nitrogens is 3. The Hall–Kier alpha value is -3.73. The Bertz CT molecular complexity index is 1210. The number of hydrogen-bond donors (Lipinski definition) is 1. The van der Waals surface area contributed by atoms with E-state index in [4.69, 9.17) is 10.1 Å². The van der Waals surface area contributed by atoms with Crippen molar-refractivity contribution in [2.75, 3.05) is 0 Å². The normalized spacial score (nSPS) is 11.9. The molecule has 0 spiro atoms. The number of aryl methyl sites for hydroxylation is 2. The van der Waals surface area contributed by atoms with Crippen molar-refractivity contribution < 1.29 is 9.90 Å². The Morgan fingerprint density at radius 1 is 0.909 bits per heavy atom. The van der Waals surface area contributed by atoms with Gasteiger partial charge in [-0.2, -0.15) is 5.10 Å². The number of hydrogen-bond acceptors (Lipinski definition) is 3. The number of carboxylic acid groups (broad SMARTS) is 1. The van der Waals surface area contributed by atoms with Crippen LogP contribution < -0.4 is 0 Å². The van der Waals surface area contributed by atoms with E-state index in [-0.39, 0.29) is 6.04 Å². The van der Waals surface area contributed by atoms with Gasteiger partial charge in [0.25, 0.3) is 0 Å². The minimum Gasteiger partial charge on any atom is -0.478 e. The smallest absolute Gasteiger partial charge is 0.336 e. The van der Waals surface area contributed by atoms with Gasteiger partial charge in [-0.3, -0.25) is 0 Å². The van der Waals surface area contributed by atoms with E-state index in [1.54, 1.807) is 12.1 Å². The van der Waals surface area contributed by atoms with Crippen LogP contribution in [0.4, 0.5) is 0 Å².